The predicted octanol–water partition coefficient (Wildman–Crippen LogP) is 6.14. The van der Waals surface area contributed by atoms with Gasteiger partial charge in [-0.15, -0.1) is 11.6 Å². The molecular weight excluding hydrogens is 448 g/mol. The van der Waals surface area contributed by atoms with E-state index in [1.807, 2.05) is 107 Å². The molecule has 0 N–H and O–H groups in total. The smallest absolute Gasteiger partial charge is 0.263 e. The maximum atomic E-state index is 12.2. The van der Waals surface area contributed by atoms with Gasteiger partial charge in [0.25, 0.3) is 5.91 Å². The van der Waals surface area contributed by atoms with E-state index in [0.717, 1.165) is 22.2 Å². The normalized spacial score (nSPS) is 11.4. The molecule has 0 aliphatic heterocycles. The summed E-state index contributed by atoms with van der Waals surface area (Å²) in [5.41, 5.74) is 0.896. The van der Waals surface area contributed by atoms with Crippen molar-refractivity contribution in [3.05, 3.63) is 72.8 Å². The molecule has 0 bridgehead atoms. The second kappa shape index (κ2) is 13.6. The minimum absolute atomic E-state index is 0.0209. The highest BCUT2D eigenvalue weighted by Crippen LogP contribution is 2.26. The number of halogens is 1. The molecule has 34 heavy (non-hydrogen) atoms. The van der Waals surface area contributed by atoms with Gasteiger partial charge in [-0.25, -0.2) is 0 Å². The van der Waals surface area contributed by atoms with Crippen LogP contribution in [0.2, 0.25) is 0 Å². The molecule has 0 aliphatic rings. The first-order valence-electron chi connectivity index (χ1n) is 11.7. The molecule has 0 spiro atoms. The third-order valence-electron chi connectivity index (χ3n) is 5.41. The van der Waals surface area contributed by atoms with Crippen LogP contribution in [0.3, 0.4) is 0 Å². The molecule has 0 radical (unpaired) electrons. The molecule has 1 unspecified atom stereocenters. The first kappa shape index (κ1) is 27.2. The van der Waals surface area contributed by atoms with Gasteiger partial charge < -0.3 is 14.5 Å². The van der Waals surface area contributed by atoms with E-state index >= 15 is 0 Å². The van der Waals surface area contributed by atoms with Crippen LogP contribution in [0.4, 0.5) is 5.69 Å². The maximum absolute atomic E-state index is 12.2. The summed E-state index contributed by atoms with van der Waals surface area (Å²) < 4.78 is 5.88. The summed E-state index contributed by atoms with van der Waals surface area (Å²) in [4.78, 5) is 27.3. The lowest BCUT2D eigenvalue weighted by atomic mass is 10.1. The van der Waals surface area contributed by atoms with Crippen molar-refractivity contribution in [2.45, 2.75) is 46.8 Å². The Hall–Kier alpha value is -3.05. The van der Waals surface area contributed by atoms with Crippen molar-refractivity contribution in [2.75, 3.05) is 23.9 Å². The summed E-state index contributed by atoms with van der Waals surface area (Å²) in [5.74, 6) is 0.750. The first-order valence-corrected chi connectivity index (χ1v) is 12.2. The van der Waals surface area contributed by atoms with Gasteiger partial charge in [0.15, 0.2) is 6.10 Å². The number of benzene rings is 3. The number of fused-ring (bicyclic) bond motifs is 1. The van der Waals surface area contributed by atoms with Crippen LogP contribution in [0.5, 0.6) is 5.75 Å². The van der Waals surface area contributed by atoms with Crippen LogP contribution in [-0.2, 0) is 9.59 Å². The maximum Gasteiger partial charge on any atom is 0.263 e. The van der Waals surface area contributed by atoms with Gasteiger partial charge in [0, 0.05) is 30.2 Å². The Labute approximate surface area is 208 Å². The summed E-state index contributed by atoms with van der Waals surface area (Å²) in [6.45, 7) is 11.1. The van der Waals surface area contributed by atoms with E-state index in [9.17, 15) is 9.59 Å². The first-order chi connectivity index (χ1) is 16.3. The van der Waals surface area contributed by atoms with Gasteiger partial charge in [-0.1, -0.05) is 54.6 Å². The van der Waals surface area contributed by atoms with Crippen LogP contribution in [0.1, 0.15) is 34.6 Å². The molecule has 3 aromatic carbocycles. The van der Waals surface area contributed by atoms with E-state index in [4.69, 9.17) is 16.3 Å². The van der Waals surface area contributed by atoms with Crippen molar-refractivity contribution in [2.24, 2.45) is 0 Å². The number of carbonyl (C=O) groups excluding carboxylic acids is 2. The Bertz CT molecular complexity index is 1050. The molecule has 1 atom stereocenters. The largest absolute Gasteiger partial charge is 0.480 e. The van der Waals surface area contributed by atoms with E-state index in [1.165, 1.54) is 0 Å². The monoisotopic (exact) mass is 482 g/mol. The Morgan fingerprint density at radius 1 is 0.853 bits per heavy atom. The van der Waals surface area contributed by atoms with Crippen molar-refractivity contribution in [1.82, 2.24) is 4.90 Å². The zero-order valence-electron chi connectivity index (χ0n) is 20.7. The van der Waals surface area contributed by atoms with Gasteiger partial charge in [-0.05, 0) is 58.2 Å². The molecule has 0 aromatic heterocycles. The average molecular weight is 483 g/mol. The molecule has 3 rings (SSSR count). The molecular formula is C28H35ClN2O3. The highest BCUT2D eigenvalue weighted by molar-refractivity contribution is 6.29. The molecule has 0 heterocycles. The SMILES string of the molecule is CC(C)N(C(=O)CCl)c1ccccc1.CCN(CC)C(=O)C(C)Oc1cccc2ccccc12. The summed E-state index contributed by atoms with van der Waals surface area (Å²) in [5, 5.41) is 2.15. The van der Waals surface area contributed by atoms with Crippen molar-refractivity contribution in [3.63, 3.8) is 0 Å². The number of anilines is 1. The molecule has 2 amide bonds. The number of amides is 2. The lowest BCUT2D eigenvalue weighted by Gasteiger charge is -2.25. The van der Waals surface area contributed by atoms with Crippen LogP contribution < -0.4 is 9.64 Å². The number of nitrogens with zero attached hydrogens (tertiary/aromatic N) is 2. The third kappa shape index (κ3) is 7.22. The Balaban J connectivity index is 0.000000257. The van der Waals surface area contributed by atoms with Crippen LogP contribution >= 0.6 is 11.6 Å². The molecule has 6 heteroatoms. The second-order valence-corrected chi connectivity index (χ2v) is 8.34. The van der Waals surface area contributed by atoms with Crippen molar-refractivity contribution >= 4 is 39.9 Å². The topological polar surface area (TPSA) is 49.9 Å². The van der Waals surface area contributed by atoms with E-state index in [0.29, 0.717) is 13.1 Å². The van der Waals surface area contributed by atoms with Crippen LogP contribution in [0.15, 0.2) is 72.8 Å². The number of hydrogen-bond acceptors (Lipinski definition) is 3. The number of ether oxygens (including phenoxy) is 1. The molecule has 3 aromatic rings. The fourth-order valence-electron chi connectivity index (χ4n) is 3.71. The molecule has 5 nitrogen and oxygen atoms in total. The second-order valence-electron chi connectivity index (χ2n) is 8.07. The van der Waals surface area contributed by atoms with E-state index in [-0.39, 0.29) is 23.7 Å². The third-order valence-corrected chi connectivity index (χ3v) is 5.64. The Kier molecular flexibility index (Phi) is 10.9. The quantitative estimate of drug-likeness (QED) is 0.362. The van der Waals surface area contributed by atoms with Crippen molar-refractivity contribution < 1.29 is 14.3 Å². The minimum atomic E-state index is -0.472. The number of hydrogen-bond donors (Lipinski definition) is 0. The zero-order chi connectivity index (χ0) is 25.1. The van der Waals surface area contributed by atoms with Gasteiger partial charge >= 0.3 is 0 Å². The van der Waals surface area contributed by atoms with Gasteiger partial charge in [0.05, 0.1) is 0 Å². The molecule has 0 saturated carbocycles. The number of likely N-dealkylation sites (N-methyl/N-ethyl adjacent to an activating group) is 1. The number of rotatable bonds is 8. The lowest BCUT2D eigenvalue weighted by molar-refractivity contribution is -0.137. The van der Waals surface area contributed by atoms with E-state index < -0.39 is 6.10 Å². The van der Waals surface area contributed by atoms with Crippen LogP contribution in [0.25, 0.3) is 10.8 Å². The average Bonchev–Trinajstić information content (AvgIpc) is 2.85. The Morgan fingerprint density at radius 2 is 1.44 bits per heavy atom. The van der Waals surface area contributed by atoms with Gasteiger partial charge in [0.1, 0.15) is 11.6 Å². The standard InChI is InChI=1S/C17H21NO2.C11H14ClNO/c1-4-18(5-2)17(19)13(3)20-16-12-8-10-14-9-6-7-11-15(14)16;1-9(2)13(11(14)8-12)10-6-4-3-5-7-10/h6-13H,4-5H2,1-3H3;3-7,9H,8H2,1-2H3. The van der Waals surface area contributed by atoms with Crippen molar-refractivity contribution in [1.29, 1.82) is 0 Å². The van der Waals surface area contributed by atoms with E-state index in [1.54, 1.807) is 9.80 Å². The number of alkyl halides is 1. The number of para-hydroxylation sites is 1. The lowest BCUT2D eigenvalue weighted by Crippen LogP contribution is -2.40. The van der Waals surface area contributed by atoms with Gasteiger partial charge in [-0.3, -0.25) is 9.59 Å². The van der Waals surface area contributed by atoms with Crippen molar-refractivity contribution in [3.8, 4) is 5.75 Å². The van der Waals surface area contributed by atoms with Gasteiger partial charge in [-0.2, -0.15) is 0 Å². The molecule has 0 aliphatic carbocycles. The predicted molar refractivity (Wildman–Crippen MR) is 142 cm³/mol. The fourth-order valence-corrected chi connectivity index (χ4v) is 3.84. The highest BCUT2D eigenvalue weighted by Gasteiger charge is 2.20. The number of carbonyl (C=O) groups is 2. The Morgan fingerprint density at radius 3 is 2.03 bits per heavy atom. The molecule has 0 fully saturated rings. The van der Waals surface area contributed by atoms with E-state index in [2.05, 4.69) is 0 Å². The highest BCUT2D eigenvalue weighted by atomic mass is 35.5. The summed E-state index contributed by atoms with van der Waals surface area (Å²) >= 11 is 5.55. The molecule has 182 valence electrons. The van der Waals surface area contributed by atoms with Gasteiger partial charge in [0.2, 0.25) is 5.91 Å². The summed E-state index contributed by atoms with van der Waals surface area (Å²) in [6, 6.07) is 23.6. The molecule has 0 saturated heterocycles. The zero-order valence-corrected chi connectivity index (χ0v) is 21.5. The van der Waals surface area contributed by atoms with Crippen LogP contribution in [-0.4, -0.2) is 47.8 Å². The van der Waals surface area contributed by atoms with Crippen LogP contribution in [0, 0.1) is 0 Å². The fraction of sp³-hybridized carbons (Fsp3) is 0.357. The summed E-state index contributed by atoms with van der Waals surface area (Å²) in [7, 11) is 0. The summed E-state index contributed by atoms with van der Waals surface area (Å²) in [6.07, 6.45) is -0.472. The minimum Gasteiger partial charge on any atom is -0.480 e.